The van der Waals surface area contributed by atoms with Gasteiger partial charge in [0.25, 0.3) is 5.56 Å². The average molecular weight is 417 g/mol. The predicted octanol–water partition coefficient (Wildman–Crippen LogP) is 4.16. The van der Waals surface area contributed by atoms with E-state index in [2.05, 4.69) is 22.2 Å². The van der Waals surface area contributed by atoms with Crippen LogP contribution < -0.4 is 10.9 Å². The van der Waals surface area contributed by atoms with Crippen molar-refractivity contribution in [3.05, 3.63) is 51.9 Å². The highest BCUT2D eigenvalue weighted by Gasteiger charge is 2.29. The van der Waals surface area contributed by atoms with Crippen LogP contribution in [0.15, 0.2) is 40.3 Å². The third kappa shape index (κ3) is 7.30. The zero-order valence-electron chi connectivity index (χ0n) is 14.4. The summed E-state index contributed by atoms with van der Waals surface area (Å²) in [4.78, 5) is 30.5. The maximum Gasteiger partial charge on any atom is 0.416 e. The van der Waals surface area contributed by atoms with Gasteiger partial charge in [0.2, 0.25) is 5.91 Å². The summed E-state index contributed by atoms with van der Waals surface area (Å²) >= 11 is 2.72. The summed E-state index contributed by atoms with van der Waals surface area (Å²) < 4.78 is 37.6. The number of carbonyl (C=O) groups excluding carboxylic acids is 1. The number of amides is 1. The van der Waals surface area contributed by atoms with E-state index in [4.69, 9.17) is 0 Å². The number of carbonyl (C=O) groups is 1. The number of alkyl halides is 3. The van der Waals surface area contributed by atoms with Crippen molar-refractivity contribution in [1.82, 2.24) is 9.97 Å². The number of anilines is 1. The molecule has 0 unspecified atom stereocenters. The molecule has 0 fully saturated rings. The summed E-state index contributed by atoms with van der Waals surface area (Å²) in [5.41, 5.74) is -0.167. The maximum absolute atomic E-state index is 12.5. The van der Waals surface area contributed by atoms with Gasteiger partial charge >= 0.3 is 6.18 Å². The lowest BCUT2D eigenvalue weighted by Gasteiger charge is -2.09. The molecule has 146 valence electrons. The Morgan fingerprint density at radius 2 is 1.96 bits per heavy atom. The van der Waals surface area contributed by atoms with Crippen molar-refractivity contribution in [1.29, 1.82) is 0 Å². The smallest absolute Gasteiger partial charge is 0.325 e. The van der Waals surface area contributed by atoms with Gasteiger partial charge in [-0.3, -0.25) is 9.59 Å². The van der Waals surface area contributed by atoms with Crippen molar-refractivity contribution < 1.29 is 18.0 Å². The molecule has 0 saturated heterocycles. The van der Waals surface area contributed by atoms with Gasteiger partial charge in [-0.25, -0.2) is 4.98 Å². The number of rotatable bonds is 8. The number of nitrogens with zero attached hydrogens (tertiary/aromatic N) is 1. The Kier molecular flexibility index (Phi) is 7.78. The Bertz CT molecular complexity index is 823. The fourth-order valence-electron chi connectivity index (χ4n) is 2.02. The summed E-state index contributed by atoms with van der Waals surface area (Å²) in [7, 11) is 0. The highest BCUT2D eigenvalue weighted by Crippen LogP contribution is 2.29. The predicted molar refractivity (Wildman–Crippen MR) is 102 cm³/mol. The number of aromatic nitrogens is 2. The Labute approximate surface area is 162 Å². The molecule has 1 amide bonds. The second kappa shape index (κ2) is 9.84. The van der Waals surface area contributed by atoms with Crippen molar-refractivity contribution in [3.8, 4) is 0 Å². The van der Waals surface area contributed by atoms with E-state index in [-0.39, 0.29) is 17.0 Å². The molecular formula is C17H18F3N3O2S2. The average Bonchev–Trinajstić information content (AvgIpc) is 2.59. The van der Waals surface area contributed by atoms with Crippen molar-refractivity contribution >= 4 is 35.1 Å². The van der Waals surface area contributed by atoms with Crippen LogP contribution >= 0.6 is 23.5 Å². The van der Waals surface area contributed by atoms with Crippen LogP contribution in [0.4, 0.5) is 18.9 Å². The lowest BCUT2D eigenvalue weighted by atomic mass is 10.2. The zero-order valence-corrected chi connectivity index (χ0v) is 16.1. The van der Waals surface area contributed by atoms with Crippen molar-refractivity contribution in [2.75, 3.05) is 16.8 Å². The van der Waals surface area contributed by atoms with Gasteiger partial charge in [-0.1, -0.05) is 18.7 Å². The van der Waals surface area contributed by atoms with Crippen molar-refractivity contribution in [3.63, 3.8) is 0 Å². The SMILES string of the molecule is CCCSCc1cc(=O)[nH]c(SCC(=O)Nc2ccc(C(F)(F)F)cc2)n1. The van der Waals surface area contributed by atoms with Gasteiger partial charge in [0.1, 0.15) is 0 Å². The van der Waals surface area contributed by atoms with Gasteiger partial charge in [0, 0.05) is 17.5 Å². The summed E-state index contributed by atoms with van der Waals surface area (Å²) in [6, 6.07) is 5.61. The number of nitrogens with one attached hydrogen (secondary N) is 2. The van der Waals surface area contributed by atoms with Crippen molar-refractivity contribution in [2.45, 2.75) is 30.4 Å². The molecule has 2 rings (SSSR count). The molecule has 0 bridgehead atoms. The molecule has 0 aliphatic heterocycles. The van der Waals surface area contributed by atoms with E-state index in [0.29, 0.717) is 16.6 Å². The normalized spacial score (nSPS) is 11.4. The lowest BCUT2D eigenvalue weighted by molar-refractivity contribution is -0.137. The Hall–Kier alpha value is -1.94. The van der Waals surface area contributed by atoms with E-state index in [1.807, 2.05) is 0 Å². The van der Waals surface area contributed by atoms with Crippen LogP contribution in [0.5, 0.6) is 0 Å². The van der Waals surface area contributed by atoms with E-state index >= 15 is 0 Å². The Morgan fingerprint density at radius 3 is 2.59 bits per heavy atom. The second-order valence-corrected chi connectivity index (χ2v) is 7.58. The number of H-pyrrole nitrogens is 1. The third-order valence-electron chi connectivity index (χ3n) is 3.21. The fraction of sp³-hybridized carbons (Fsp3) is 0.353. The third-order valence-corrected chi connectivity index (χ3v) is 5.28. The molecule has 5 nitrogen and oxygen atoms in total. The molecule has 0 spiro atoms. The maximum atomic E-state index is 12.5. The minimum Gasteiger partial charge on any atom is -0.325 e. The summed E-state index contributed by atoms with van der Waals surface area (Å²) in [5.74, 6) is 1.14. The van der Waals surface area contributed by atoms with E-state index in [1.165, 1.54) is 18.2 Å². The minimum atomic E-state index is -4.42. The van der Waals surface area contributed by atoms with Gasteiger partial charge in [-0.15, -0.1) is 0 Å². The minimum absolute atomic E-state index is 0.0322. The van der Waals surface area contributed by atoms with Gasteiger partial charge in [0.05, 0.1) is 17.0 Å². The largest absolute Gasteiger partial charge is 0.416 e. The molecule has 27 heavy (non-hydrogen) atoms. The van der Waals surface area contributed by atoms with Crippen LogP contribution in [-0.2, 0) is 16.7 Å². The molecule has 2 aromatic rings. The van der Waals surface area contributed by atoms with Gasteiger partial charge in [0.15, 0.2) is 5.16 Å². The molecule has 1 aromatic heterocycles. The molecule has 2 N–H and O–H groups in total. The van der Waals surface area contributed by atoms with E-state index in [9.17, 15) is 22.8 Å². The van der Waals surface area contributed by atoms with Crippen LogP contribution in [0.3, 0.4) is 0 Å². The highest BCUT2D eigenvalue weighted by molar-refractivity contribution is 7.99. The summed E-state index contributed by atoms with van der Waals surface area (Å²) in [5, 5.41) is 2.84. The highest BCUT2D eigenvalue weighted by atomic mass is 32.2. The fourth-order valence-corrected chi connectivity index (χ4v) is 3.50. The molecule has 1 heterocycles. The first-order valence-electron chi connectivity index (χ1n) is 8.06. The van der Waals surface area contributed by atoms with Crippen molar-refractivity contribution in [2.24, 2.45) is 0 Å². The van der Waals surface area contributed by atoms with Crippen LogP contribution in [-0.4, -0.2) is 27.4 Å². The van der Waals surface area contributed by atoms with Crippen LogP contribution in [0.1, 0.15) is 24.6 Å². The molecule has 0 aliphatic carbocycles. The van der Waals surface area contributed by atoms with E-state index < -0.39 is 17.6 Å². The number of hydrogen-bond donors (Lipinski definition) is 2. The van der Waals surface area contributed by atoms with Gasteiger partial charge in [-0.2, -0.15) is 24.9 Å². The molecule has 1 aromatic carbocycles. The first-order chi connectivity index (χ1) is 12.8. The van der Waals surface area contributed by atoms with E-state index in [0.717, 1.165) is 36.1 Å². The number of benzene rings is 1. The van der Waals surface area contributed by atoms with Crippen LogP contribution in [0.25, 0.3) is 0 Å². The zero-order chi connectivity index (χ0) is 19.9. The first-order valence-corrected chi connectivity index (χ1v) is 10.2. The molecule has 0 radical (unpaired) electrons. The topological polar surface area (TPSA) is 74.8 Å². The van der Waals surface area contributed by atoms with Gasteiger partial charge in [-0.05, 0) is 36.4 Å². The second-order valence-electron chi connectivity index (χ2n) is 5.51. The lowest BCUT2D eigenvalue weighted by Crippen LogP contribution is -2.16. The molecular weight excluding hydrogens is 399 g/mol. The number of aromatic amines is 1. The van der Waals surface area contributed by atoms with Crippen LogP contribution in [0, 0.1) is 0 Å². The number of thioether (sulfide) groups is 2. The Balaban J connectivity index is 1.90. The first kappa shape index (κ1) is 21.4. The molecule has 0 aliphatic rings. The standard InChI is InChI=1S/C17H18F3N3O2S2/c1-2-7-26-9-13-8-14(24)23-16(22-13)27-10-15(25)21-12-5-3-11(4-6-12)17(18,19)20/h3-6,8H,2,7,9-10H2,1H3,(H,21,25)(H,22,23,24). The quantitative estimate of drug-likeness (QED) is 0.383. The monoisotopic (exact) mass is 417 g/mol. The number of halogens is 3. The molecule has 0 saturated carbocycles. The van der Waals surface area contributed by atoms with Crippen LogP contribution in [0.2, 0.25) is 0 Å². The Morgan fingerprint density at radius 1 is 1.26 bits per heavy atom. The summed E-state index contributed by atoms with van der Waals surface area (Å²) in [6.07, 6.45) is -3.39. The number of hydrogen-bond acceptors (Lipinski definition) is 5. The molecule has 0 atom stereocenters. The molecule has 10 heteroatoms. The van der Waals surface area contributed by atoms with Gasteiger partial charge < -0.3 is 10.3 Å². The van der Waals surface area contributed by atoms with E-state index in [1.54, 1.807) is 11.8 Å². The summed E-state index contributed by atoms with van der Waals surface area (Å²) in [6.45, 7) is 2.06.